The molecule has 1 N–H and O–H groups in total. The van der Waals surface area contributed by atoms with E-state index in [2.05, 4.69) is 0 Å². The first kappa shape index (κ1) is 12.5. The number of carboxylic acid groups (broad SMARTS) is 1. The third-order valence-electron chi connectivity index (χ3n) is 2.14. The van der Waals surface area contributed by atoms with Crippen LogP contribution in [0, 0.1) is 17.5 Å². The van der Waals surface area contributed by atoms with E-state index in [9.17, 15) is 18.0 Å². The SMILES string of the molecule is CC(C)(C)c1c(C(=O)O)cc(F)c(F)c1F. The zero-order valence-electron chi connectivity index (χ0n) is 9.07. The topological polar surface area (TPSA) is 37.3 Å². The summed E-state index contributed by atoms with van der Waals surface area (Å²) in [6, 6.07) is 0.501. The van der Waals surface area contributed by atoms with E-state index < -0.39 is 34.4 Å². The monoisotopic (exact) mass is 232 g/mol. The van der Waals surface area contributed by atoms with E-state index >= 15 is 0 Å². The number of carbonyl (C=O) groups is 1. The molecule has 0 amide bonds. The van der Waals surface area contributed by atoms with E-state index in [-0.39, 0.29) is 5.56 Å². The average molecular weight is 232 g/mol. The fourth-order valence-corrected chi connectivity index (χ4v) is 1.50. The lowest BCUT2D eigenvalue weighted by molar-refractivity contribution is 0.0692. The summed E-state index contributed by atoms with van der Waals surface area (Å²) in [6.07, 6.45) is 0. The molecule has 0 atom stereocenters. The summed E-state index contributed by atoms with van der Waals surface area (Å²) in [5.74, 6) is -6.06. The van der Waals surface area contributed by atoms with Crippen LogP contribution in [0.3, 0.4) is 0 Å². The lowest BCUT2D eigenvalue weighted by Gasteiger charge is -2.22. The van der Waals surface area contributed by atoms with Crippen molar-refractivity contribution in [3.8, 4) is 0 Å². The lowest BCUT2D eigenvalue weighted by atomic mass is 9.83. The van der Waals surface area contributed by atoms with Crippen molar-refractivity contribution in [3.63, 3.8) is 0 Å². The van der Waals surface area contributed by atoms with Crippen LogP contribution >= 0.6 is 0 Å². The molecule has 0 unspecified atom stereocenters. The Bertz CT molecular complexity index is 448. The first-order valence-electron chi connectivity index (χ1n) is 4.57. The predicted molar refractivity (Wildman–Crippen MR) is 52.0 cm³/mol. The molecule has 0 heterocycles. The maximum absolute atomic E-state index is 13.5. The molecule has 0 fully saturated rings. The maximum Gasteiger partial charge on any atom is 0.336 e. The summed E-state index contributed by atoms with van der Waals surface area (Å²) in [6.45, 7) is 4.57. The summed E-state index contributed by atoms with van der Waals surface area (Å²) in [4.78, 5) is 10.8. The Balaban J connectivity index is 3.68. The van der Waals surface area contributed by atoms with Crippen LogP contribution in [0.1, 0.15) is 36.7 Å². The highest BCUT2D eigenvalue weighted by atomic mass is 19.2. The number of rotatable bonds is 1. The Kier molecular flexibility index (Phi) is 2.99. The van der Waals surface area contributed by atoms with Gasteiger partial charge < -0.3 is 5.11 Å². The smallest absolute Gasteiger partial charge is 0.336 e. The molecule has 0 saturated carbocycles. The quantitative estimate of drug-likeness (QED) is 0.755. The summed E-state index contributed by atoms with van der Waals surface area (Å²) in [5, 5.41) is 8.81. The van der Waals surface area contributed by atoms with Crippen molar-refractivity contribution < 1.29 is 23.1 Å². The largest absolute Gasteiger partial charge is 0.478 e. The van der Waals surface area contributed by atoms with Gasteiger partial charge >= 0.3 is 5.97 Å². The molecule has 0 aliphatic rings. The van der Waals surface area contributed by atoms with Crippen LogP contribution in [0.5, 0.6) is 0 Å². The molecule has 0 bridgehead atoms. The standard InChI is InChI=1S/C11H11F3O2/c1-11(2,3)7-5(10(15)16)4-6(12)8(13)9(7)14/h4H,1-3H3,(H,15,16). The normalized spacial score (nSPS) is 11.6. The molecule has 1 aromatic rings. The fourth-order valence-electron chi connectivity index (χ4n) is 1.50. The highest BCUT2D eigenvalue weighted by Gasteiger charge is 2.29. The lowest BCUT2D eigenvalue weighted by Crippen LogP contribution is -2.21. The Morgan fingerprint density at radius 3 is 2.06 bits per heavy atom. The molecule has 0 saturated heterocycles. The predicted octanol–water partition coefficient (Wildman–Crippen LogP) is 3.10. The van der Waals surface area contributed by atoms with Crippen molar-refractivity contribution in [2.45, 2.75) is 26.2 Å². The van der Waals surface area contributed by atoms with Gasteiger partial charge in [0, 0.05) is 5.56 Å². The molecule has 1 aromatic carbocycles. The maximum atomic E-state index is 13.5. The van der Waals surface area contributed by atoms with Gasteiger partial charge in [0.05, 0.1) is 5.56 Å². The molecule has 0 aromatic heterocycles. The number of halogens is 3. The zero-order chi connectivity index (χ0) is 12.7. The van der Waals surface area contributed by atoms with E-state index in [1.165, 1.54) is 20.8 Å². The van der Waals surface area contributed by atoms with Gasteiger partial charge in [0.2, 0.25) is 0 Å². The molecule has 2 nitrogen and oxygen atoms in total. The van der Waals surface area contributed by atoms with Gasteiger partial charge in [0.15, 0.2) is 17.5 Å². The van der Waals surface area contributed by atoms with E-state index in [1.807, 2.05) is 0 Å². The van der Waals surface area contributed by atoms with Gasteiger partial charge in [0.1, 0.15) is 0 Å². The average Bonchev–Trinajstić information content (AvgIpc) is 2.10. The number of benzene rings is 1. The molecule has 0 spiro atoms. The second-order valence-electron chi connectivity index (χ2n) is 4.46. The molecular formula is C11H11F3O2. The second-order valence-corrected chi connectivity index (χ2v) is 4.46. The van der Waals surface area contributed by atoms with Gasteiger partial charge in [-0.05, 0) is 11.5 Å². The van der Waals surface area contributed by atoms with Crippen molar-refractivity contribution >= 4 is 5.97 Å². The van der Waals surface area contributed by atoms with Crippen LogP contribution in [0.15, 0.2) is 6.07 Å². The minimum absolute atomic E-state index is 0.334. The molecule has 1 rings (SSSR count). The van der Waals surface area contributed by atoms with Gasteiger partial charge in [-0.3, -0.25) is 0 Å². The Morgan fingerprint density at radius 1 is 1.19 bits per heavy atom. The Labute approximate surface area is 90.7 Å². The van der Waals surface area contributed by atoms with Gasteiger partial charge in [-0.1, -0.05) is 20.8 Å². The Hall–Kier alpha value is -1.52. The minimum Gasteiger partial charge on any atom is -0.478 e. The fraction of sp³-hybridized carbons (Fsp3) is 0.364. The van der Waals surface area contributed by atoms with Gasteiger partial charge in [-0.2, -0.15) is 0 Å². The Morgan fingerprint density at radius 2 is 1.69 bits per heavy atom. The van der Waals surface area contributed by atoms with Crippen LogP contribution < -0.4 is 0 Å². The van der Waals surface area contributed by atoms with Gasteiger partial charge in [0.25, 0.3) is 0 Å². The molecule has 0 aliphatic carbocycles. The highest BCUT2D eigenvalue weighted by molar-refractivity contribution is 5.90. The van der Waals surface area contributed by atoms with Crippen LogP contribution in [0.2, 0.25) is 0 Å². The van der Waals surface area contributed by atoms with Crippen molar-refractivity contribution in [1.29, 1.82) is 0 Å². The van der Waals surface area contributed by atoms with E-state index in [0.29, 0.717) is 6.07 Å². The highest BCUT2D eigenvalue weighted by Crippen LogP contribution is 2.31. The first-order chi connectivity index (χ1) is 7.16. The number of aromatic carboxylic acids is 1. The van der Waals surface area contributed by atoms with Gasteiger partial charge in [-0.15, -0.1) is 0 Å². The summed E-state index contributed by atoms with van der Waals surface area (Å²) in [7, 11) is 0. The second kappa shape index (κ2) is 3.81. The molecule has 5 heteroatoms. The van der Waals surface area contributed by atoms with Crippen LogP contribution in [-0.4, -0.2) is 11.1 Å². The minimum atomic E-state index is -1.64. The summed E-state index contributed by atoms with van der Waals surface area (Å²) >= 11 is 0. The van der Waals surface area contributed by atoms with Crippen molar-refractivity contribution in [3.05, 3.63) is 34.6 Å². The van der Waals surface area contributed by atoms with Gasteiger partial charge in [-0.25, -0.2) is 18.0 Å². The molecule has 16 heavy (non-hydrogen) atoms. The zero-order valence-corrected chi connectivity index (χ0v) is 9.07. The summed E-state index contributed by atoms with van der Waals surface area (Å²) < 4.78 is 39.4. The van der Waals surface area contributed by atoms with E-state index in [0.717, 1.165) is 0 Å². The van der Waals surface area contributed by atoms with E-state index in [1.54, 1.807) is 0 Å². The third-order valence-corrected chi connectivity index (χ3v) is 2.14. The molecule has 0 aliphatic heterocycles. The third kappa shape index (κ3) is 2.03. The number of carboxylic acids is 1. The van der Waals surface area contributed by atoms with Crippen molar-refractivity contribution in [2.24, 2.45) is 0 Å². The van der Waals surface area contributed by atoms with E-state index in [4.69, 9.17) is 5.11 Å². The molecule has 88 valence electrons. The summed E-state index contributed by atoms with van der Waals surface area (Å²) in [5.41, 5.74) is -1.81. The first-order valence-corrected chi connectivity index (χ1v) is 4.57. The van der Waals surface area contributed by atoms with Crippen molar-refractivity contribution in [2.75, 3.05) is 0 Å². The van der Waals surface area contributed by atoms with Crippen LogP contribution in [0.4, 0.5) is 13.2 Å². The molecular weight excluding hydrogens is 221 g/mol. The van der Waals surface area contributed by atoms with Crippen molar-refractivity contribution in [1.82, 2.24) is 0 Å². The van der Waals surface area contributed by atoms with Crippen LogP contribution in [-0.2, 0) is 5.41 Å². The molecule has 0 radical (unpaired) electrons. The number of hydrogen-bond donors (Lipinski definition) is 1. The van der Waals surface area contributed by atoms with Crippen LogP contribution in [0.25, 0.3) is 0 Å². The number of hydrogen-bond acceptors (Lipinski definition) is 1.